The number of hydrogen-bond acceptors (Lipinski definition) is 7. The summed E-state index contributed by atoms with van der Waals surface area (Å²) in [5.74, 6) is 1.54. The van der Waals surface area contributed by atoms with E-state index < -0.39 is 6.04 Å². The summed E-state index contributed by atoms with van der Waals surface area (Å²) in [6, 6.07) is 11.4. The number of rotatable bonds is 6. The molecule has 1 atom stereocenters. The van der Waals surface area contributed by atoms with Crippen molar-refractivity contribution in [2.45, 2.75) is 33.4 Å². The number of carbonyl (C=O) groups excluding carboxylic acids is 1. The average molecular weight is 484 g/mol. The van der Waals surface area contributed by atoms with Crippen LogP contribution >= 0.6 is 15.9 Å². The highest BCUT2D eigenvalue weighted by Crippen LogP contribution is 2.42. The van der Waals surface area contributed by atoms with E-state index in [1.165, 1.54) is 12.5 Å². The molecule has 0 saturated carbocycles. The number of aromatic nitrogens is 4. The lowest BCUT2D eigenvalue weighted by Gasteiger charge is -2.28. The first kappa shape index (κ1) is 21.0. The first-order valence-corrected chi connectivity index (χ1v) is 10.5. The number of tetrazole rings is 1. The third kappa shape index (κ3) is 4.05. The molecule has 0 amide bonds. The number of Topliss-reactive ketones (excluding diaryl/α,β-unsaturated/α-hetero) is 1. The van der Waals surface area contributed by atoms with Crippen LogP contribution in [0.3, 0.4) is 0 Å². The minimum absolute atomic E-state index is 0.0639. The molecule has 1 aromatic heterocycles. The monoisotopic (exact) mass is 483 g/mol. The predicted molar refractivity (Wildman–Crippen MR) is 119 cm³/mol. The molecule has 160 valence electrons. The van der Waals surface area contributed by atoms with E-state index >= 15 is 0 Å². The van der Waals surface area contributed by atoms with Gasteiger partial charge in [0, 0.05) is 11.3 Å². The maximum Gasteiger partial charge on any atom is 0.248 e. The van der Waals surface area contributed by atoms with Gasteiger partial charge >= 0.3 is 0 Å². The van der Waals surface area contributed by atoms with Crippen molar-refractivity contribution in [2.24, 2.45) is 0 Å². The first-order chi connectivity index (χ1) is 14.9. The van der Waals surface area contributed by atoms with Crippen LogP contribution in [0.2, 0.25) is 0 Å². The van der Waals surface area contributed by atoms with Crippen LogP contribution in [0.25, 0.3) is 0 Å². The van der Waals surface area contributed by atoms with Crippen LogP contribution in [0.5, 0.6) is 11.5 Å². The molecule has 4 rings (SSSR count). The molecule has 0 radical (unpaired) electrons. The molecule has 0 bridgehead atoms. The lowest BCUT2D eigenvalue weighted by molar-refractivity contribution is -0.114. The Morgan fingerprint density at radius 1 is 1.26 bits per heavy atom. The zero-order chi connectivity index (χ0) is 22.1. The zero-order valence-electron chi connectivity index (χ0n) is 17.6. The molecule has 9 heteroatoms. The highest BCUT2D eigenvalue weighted by molar-refractivity contribution is 9.10. The summed E-state index contributed by atoms with van der Waals surface area (Å²) < 4.78 is 14.0. The fraction of sp³-hybridized carbons (Fsp3) is 0.273. The summed E-state index contributed by atoms with van der Waals surface area (Å²) in [5, 5.41) is 14.9. The van der Waals surface area contributed by atoms with Crippen molar-refractivity contribution in [3.8, 4) is 11.5 Å². The Balaban J connectivity index is 1.73. The number of fused-ring (bicyclic) bond motifs is 1. The largest absolute Gasteiger partial charge is 0.493 e. The highest BCUT2D eigenvalue weighted by Gasteiger charge is 2.33. The molecule has 1 unspecified atom stereocenters. The standard InChI is InChI=1S/C22H22BrN5O3/c1-12-6-5-7-15(8-12)11-31-21-17(23)9-16(10-18(21)30-4)20-19(14(3)29)13(2)24-22-25-26-27-28(20)22/h5-10,20H,11H2,1-4H3,(H,24,25,27). The van der Waals surface area contributed by atoms with Crippen molar-refractivity contribution in [3.05, 3.63) is 68.8 Å². The second-order valence-electron chi connectivity index (χ2n) is 7.38. The SMILES string of the molecule is COc1cc(C2C(C(C)=O)=C(C)Nc3nnnn32)cc(Br)c1OCc1cccc(C)c1. The number of benzene rings is 2. The van der Waals surface area contributed by atoms with Crippen LogP contribution < -0.4 is 14.8 Å². The Morgan fingerprint density at radius 2 is 2.06 bits per heavy atom. The predicted octanol–water partition coefficient (Wildman–Crippen LogP) is 4.21. The third-order valence-corrected chi connectivity index (χ3v) is 5.72. The van der Waals surface area contributed by atoms with Gasteiger partial charge in [0.15, 0.2) is 17.3 Å². The lowest BCUT2D eigenvalue weighted by Crippen LogP contribution is -2.28. The van der Waals surface area contributed by atoms with Gasteiger partial charge in [0.25, 0.3) is 0 Å². The van der Waals surface area contributed by atoms with Gasteiger partial charge in [-0.05, 0) is 70.4 Å². The molecule has 31 heavy (non-hydrogen) atoms. The zero-order valence-corrected chi connectivity index (χ0v) is 19.2. The lowest BCUT2D eigenvalue weighted by atomic mass is 9.93. The molecule has 3 aromatic rings. The van der Waals surface area contributed by atoms with Crippen molar-refractivity contribution in [1.29, 1.82) is 0 Å². The normalized spacial score (nSPS) is 15.3. The van der Waals surface area contributed by atoms with Crippen molar-refractivity contribution >= 4 is 27.7 Å². The second-order valence-corrected chi connectivity index (χ2v) is 8.24. The first-order valence-electron chi connectivity index (χ1n) is 9.71. The Labute approximate surface area is 188 Å². The molecule has 2 aromatic carbocycles. The molecule has 0 fully saturated rings. The fourth-order valence-electron chi connectivity index (χ4n) is 3.77. The van der Waals surface area contributed by atoms with E-state index in [2.05, 4.69) is 42.8 Å². The van der Waals surface area contributed by atoms with Crippen LogP contribution in [0.1, 0.15) is 36.6 Å². The molecule has 0 saturated heterocycles. The van der Waals surface area contributed by atoms with E-state index in [0.717, 1.165) is 16.8 Å². The molecule has 1 aliphatic heterocycles. The van der Waals surface area contributed by atoms with E-state index in [0.29, 0.717) is 34.1 Å². The molecule has 1 aliphatic rings. The van der Waals surface area contributed by atoms with Crippen LogP contribution in [0, 0.1) is 6.92 Å². The van der Waals surface area contributed by atoms with Gasteiger partial charge in [-0.15, -0.1) is 0 Å². The highest BCUT2D eigenvalue weighted by atomic mass is 79.9. The Morgan fingerprint density at radius 3 is 2.77 bits per heavy atom. The minimum atomic E-state index is -0.486. The molecule has 0 aliphatic carbocycles. The van der Waals surface area contributed by atoms with E-state index in [4.69, 9.17) is 9.47 Å². The topological polar surface area (TPSA) is 91.2 Å². The van der Waals surface area contributed by atoms with E-state index in [-0.39, 0.29) is 5.78 Å². The van der Waals surface area contributed by atoms with Gasteiger partial charge in [0.2, 0.25) is 5.95 Å². The molecule has 2 heterocycles. The molecular formula is C22H22BrN5O3. The number of nitrogens with one attached hydrogen (secondary N) is 1. The maximum absolute atomic E-state index is 12.5. The summed E-state index contributed by atoms with van der Waals surface area (Å²) in [4.78, 5) is 12.5. The number of anilines is 1. The number of methoxy groups -OCH3 is 1. The summed E-state index contributed by atoms with van der Waals surface area (Å²) >= 11 is 3.61. The van der Waals surface area contributed by atoms with Gasteiger partial charge in [0.1, 0.15) is 12.6 Å². The smallest absolute Gasteiger partial charge is 0.248 e. The number of ether oxygens (including phenoxy) is 2. The summed E-state index contributed by atoms with van der Waals surface area (Å²) in [6.45, 7) is 5.82. The van der Waals surface area contributed by atoms with Gasteiger partial charge in [0.05, 0.1) is 11.6 Å². The van der Waals surface area contributed by atoms with Gasteiger partial charge in [-0.3, -0.25) is 4.79 Å². The number of nitrogens with zero attached hydrogens (tertiary/aromatic N) is 4. The molecule has 1 N–H and O–H groups in total. The summed E-state index contributed by atoms with van der Waals surface area (Å²) in [6.07, 6.45) is 0. The summed E-state index contributed by atoms with van der Waals surface area (Å²) in [7, 11) is 1.59. The van der Waals surface area contributed by atoms with Crippen LogP contribution in [-0.4, -0.2) is 33.1 Å². The number of hydrogen-bond donors (Lipinski definition) is 1. The Hall–Kier alpha value is -3.20. The van der Waals surface area contributed by atoms with Gasteiger partial charge in [-0.1, -0.05) is 34.9 Å². The molecule has 8 nitrogen and oxygen atoms in total. The molecular weight excluding hydrogens is 462 g/mol. The van der Waals surface area contributed by atoms with Crippen LogP contribution in [0.15, 0.2) is 52.1 Å². The number of carbonyl (C=O) groups is 1. The Kier molecular flexibility index (Phi) is 5.77. The maximum atomic E-state index is 12.5. The Bertz CT molecular complexity index is 1190. The summed E-state index contributed by atoms with van der Waals surface area (Å²) in [5.41, 5.74) is 4.33. The third-order valence-electron chi connectivity index (χ3n) is 5.13. The second kappa shape index (κ2) is 8.50. The van der Waals surface area contributed by atoms with E-state index in [1.807, 2.05) is 44.2 Å². The minimum Gasteiger partial charge on any atom is -0.493 e. The number of halogens is 1. The van der Waals surface area contributed by atoms with Crippen molar-refractivity contribution in [2.75, 3.05) is 12.4 Å². The quantitative estimate of drug-likeness (QED) is 0.561. The number of aryl methyl sites for hydroxylation is 1. The van der Waals surface area contributed by atoms with Crippen molar-refractivity contribution in [3.63, 3.8) is 0 Å². The number of ketones is 1. The average Bonchev–Trinajstić information content (AvgIpc) is 3.19. The van der Waals surface area contributed by atoms with Crippen molar-refractivity contribution in [1.82, 2.24) is 20.2 Å². The molecule has 0 spiro atoms. The van der Waals surface area contributed by atoms with Crippen LogP contribution in [0.4, 0.5) is 5.95 Å². The van der Waals surface area contributed by atoms with Crippen LogP contribution in [-0.2, 0) is 11.4 Å². The van der Waals surface area contributed by atoms with E-state index in [1.54, 1.807) is 11.8 Å². The van der Waals surface area contributed by atoms with Gasteiger partial charge in [-0.25, -0.2) is 0 Å². The van der Waals surface area contributed by atoms with Gasteiger partial charge < -0.3 is 14.8 Å². The van der Waals surface area contributed by atoms with Crippen molar-refractivity contribution < 1.29 is 14.3 Å². The van der Waals surface area contributed by atoms with Gasteiger partial charge in [-0.2, -0.15) is 4.68 Å². The number of allylic oxidation sites excluding steroid dienone is 2. The van der Waals surface area contributed by atoms with E-state index in [9.17, 15) is 4.79 Å². The fourth-order valence-corrected chi connectivity index (χ4v) is 4.35.